The molecule has 1 heterocycles. The molecule has 0 bridgehead atoms. The standard InChI is InChI=1S/C19H28N4O2/c1-4-17-16(18(5-2)25-23-17)14-22-19(20-6-3)21-12-13-24-15-10-8-7-9-11-15/h7-11H,4-6,12-14H2,1-3H3,(H2,20,21,22). The summed E-state index contributed by atoms with van der Waals surface area (Å²) in [6, 6.07) is 9.79. The van der Waals surface area contributed by atoms with E-state index < -0.39 is 0 Å². The summed E-state index contributed by atoms with van der Waals surface area (Å²) < 4.78 is 11.1. The third kappa shape index (κ3) is 5.81. The van der Waals surface area contributed by atoms with Crippen molar-refractivity contribution in [1.29, 1.82) is 0 Å². The zero-order valence-electron chi connectivity index (χ0n) is 15.3. The maximum absolute atomic E-state index is 5.69. The maximum atomic E-state index is 5.69. The van der Waals surface area contributed by atoms with E-state index >= 15 is 0 Å². The van der Waals surface area contributed by atoms with Crippen LogP contribution in [0.25, 0.3) is 0 Å². The molecule has 6 heteroatoms. The molecule has 2 rings (SSSR count). The van der Waals surface area contributed by atoms with Gasteiger partial charge in [0.25, 0.3) is 0 Å². The van der Waals surface area contributed by atoms with E-state index in [1.165, 1.54) is 0 Å². The summed E-state index contributed by atoms with van der Waals surface area (Å²) in [5.74, 6) is 2.56. The Balaban J connectivity index is 1.89. The average Bonchev–Trinajstić information content (AvgIpc) is 3.06. The van der Waals surface area contributed by atoms with Crippen LogP contribution in [0.15, 0.2) is 39.8 Å². The van der Waals surface area contributed by atoms with E-state index in [2.05, 4.69) is 34.6 Å². The van der Waals surface area contributed by atoms with Gasteiger partial charge in [-0.15, -0.1) is 0 Å². The molecule has 0 fully saturated rings. The summed E-state index contributed by atoms with van der Waals surface area (Å²) in [7, 11) is 0. The van der Waals surface area contributed by atoms with Crippen LogP contribution in [0, 0.1) is 0 Å². The molecule has 0 unspecified atom stereocenters. The topological polar surface area (TPSA) is 71.7 Å². The molecular weight excluding hydrogens is 316 g/mol. The highest BCUT2D eigenvalue weighted by atomic mass is 16.5. The minimum absolute atomic E-state index is 0.560. The highest BCUT2D eigenvalue weighted by Gasteiger charge is 2.12. The third-order valence-corrected chi connectivity index (χ3v) is 3.75. The van der Waals surface area contributed by atoms with E-state index in [0.29, 0.717) is 19.7 Å². The number of hydrogen-bond donors (Lipinski definition) is 2. The Bertz CT molecular complexity index is 631. The van der Waals surface area contributed by atoms with Gasteiger partial charge in [0.15, 0.2) is 5.96 Å². The molecular formula is C19H28N4O2. The molecule has 0 aliphatic heterocycles. The van der Waals surface area contributed by atoms with Crippen LogP contribution in [0.1, 0.15) is 37.8 Å². The Labute approximate surface area is 149 Å². The molecule has 2 aromatic rings. The molecule has 1 aromatic heterocycles. The molecule has 25 heavy (non-hydrogen) atoms. The summed E-state index contributed by atoms with van der Waals surface area (Å²) in [5.41, 5.74) is 2.09. The molecule has 0 spiro atoms. The van der Waals surface area contributed by atoms with E-state index in [9.17, 15) is 0 Å². The second-order valence-corrected chi connectivity index (χ2v) is 5.52. The minimum Gasteiger partial charge on any atom is -0.492 e. The number of guanidine groups is 1. The lowest BCUT2D eigenvalue weighted by molar-refractivity contribution is 0.322. The van der Waals surface area contributed by atoms with Crippen LogP contribution < -0.4 is 15.4 Å². The Morgan fingerprint density at radius 3 is 2.60 bits per heavy atom. The van der Waals surface area contributed by atoms with Gasteiger partial charge in [-0.2, -0.15) is 0 Å². The number of rotatable bonds is 9. The predicted molar refractivity (Wildman–Crippen MR) is 100 cm³/mol. The highest BCUT2D eigenvalue weighted by Crippen LogP contribution is 2.16. The molecule has 0 saturated carbocycles. The lowest BCUT2D eigenvalue weighted by Crippen LogP contribution is -2.39. The van der Waals surface area contributed by atoms with Gasteiger partial charge in [-0.25, -0.2) is 4.99 Å². The Kier molecular flexibility index (Phi) is 7.82. The van der Waals surface area contributed by atoms with Crippen molar-refractivity contribution in [2.45, 2.75) is 40.2 Å². The fourth-order valence-corrected chi connectivity index (χ4v) is 2.47. The van der Waals surface area contributed by atoms with E-state index in [0.717, 1.165) is 48.1 Å². The molecule has 0 atom stereocenters. The molecule has 6 nitrogen and oxygen atoms in total. The summed E-state index contributed by atoms with van der Waals surface area (Å²) in [5, 5.41) is 10.7. The van der Waals surface area contributed by atoms with Gasteiger partial charge in [-0.05, 0) is 25.5 Å². The SMILES string of the molecule is CCNC(=NCc1c(CC)noc1CC)NCCOc1ccccc1. The summed E-state index contributed by atoms with van der Waals surface area (Å²) >= 11 is 0. The van der Waals surface area contributed by atoms with E-state index in [4.69, 9.17) is 9.26 Å². The monoisotopic (exact) mass is 344 g/mol. The summed E-state index contributed by atoms with van der Waals surface area (Å²) in [6.07, 6.45) is 1.68. The number of para-hydroxylation sites is 1. The number of aromatic nitrogens is 1. The van der Waals surface area contributed by atoms with Crippen LogP contribution in [0.5, 0.6) is 5.75 Å². The van der Waals surface area contributed by atoms with E-state index in [1.54, 1.807) is 0 Å². The van der Waals surface area contributed by atoms with Crippen molar-refractivity contribution in [1.82, 2.24) is 15.8 Å². The van der Waals surface area contributed by atoms with Gasteiger partial charge in [-0.3, -0.25) is 0 Å². The van der Waals surface area contributed by atoms with E-state index in [1.807, 2.05) is 37.3 Å². The highest BCUT2D eigenvalue weighted by molar-refractivity contribution is 5.79. The molecule has 0 aliphatic rings. The second-order valence-electron chi connectivity index (χ2n) is 5.52. The van der Waals surface area contributed by atoms with Crippen molar-refractivity contribution in [3.8, 4) is 5.75 Å². The zero-order chi connectivity index (χ0) is 17.9. The van der Waals surface area contributed by atoms with Crippen LogP contribution >= 0.6 is 0 Å². The Hall–Kier alpha value is -2.50. The lowest BCUT2D eigenvalue weighted by atomic mass is 10.1. The van der Waals surface area contributed by atoms with Crippen LogP contribution in [-0.2, 0) is 19.4 Å². The van der Waals surface area contributed by atoms with Crippen LogP contribution in [0.4, 0.5) is 0 Å². The first-order valence-electron chi connectivity index (χ1n) is 8.94. The normalized spacial score (nSPS) is 11.4. The van der Waals surface area contributed by atoms with Gasteiger partial charge >= 0.3 is 0 Å². The van der Waals surface area contributed by atoms with Crippen molar-refractivity contribution >= 4 is 5.96 Å². The Morgan fingerprint density at radius 1 is 1.12 bits per heavy atom. The van der Waals surface area contributed by atoms with Crippen LogP contribution in [0.2, 0.25) is 0 Å². The molecule has 0 saturated heterocycles. The van der Waals surface area contributed by atoms with Gasteiger partial charge in [0.1, 0.15) is 18.1 Å². The fourth-order valence-electron chi connectivity index (χ4n) is 2.47. The van der Waals surface area contributed by atoms with Gasteiger partial charge in [0.2, 0.25) is 0 Å². The quantitative estimate of drug-likeness (QED) is 0.416. The number of aryl methyl sites for hydroxylation is 2. The van der Waals surface area contributed by atoms with Gasteiger partial charge < -0.3 is 19.9 Å². The molecule has 0 aliphatic carbocycles. The summed E-state index contributed by atoms with van der Waals surface area (Å²) in [4.78, 5) is 4.66. The maximum Gasteiger partial charge on any atom is 0.191 e. The molecule has 136 valence electrons. The molecule has 0 radical (unpaired) electrons. The van der Waals surface area contributed by atoms with Crippen molar-refractivity contribution in [2.24, 2.45) is 4.99 Å². The van der Waals surface area contributed by atoms with Gasteiger partial charge in [0.05, 0.1) is 18.8 Å². The first kappa shape index (κ1) is 18.8. The number of benzene rings is 1. The number of hydrogen-bond acceptors (Lipinski definition) is 4. The lowest BCUT2D eigenvalue weighted by Gasteiger charge is -2.12. The van der Waals surface area contributed by atoms with Crippen molar-refractivity contribution in [3.05, 3.63) is 47.3 Å². The number of aliphatic imine (C=N–C) groups is 1. The summed E-state index contributed by atoms with van der Waals surface area (Å²) in [6.45, 7) is 8.80. The average molecular weight is 344 g/mol. The largest absolute Gasteiger partial charge is 0.492 e. The van der Waals surface area contributed by atoms with Crippen LogP contribution in [-0.4, -0.2) is 30.8 Å². The fraction of sp³-hybridized carbons (Fsp3) is 0.474. The number of ether oxygens (including phenoxy) is 1. The number of nitrogens with one attached hydrogen (secondary N) is 2. The van der Waals surface area contributed by atoms with Gasteiger partial charge in [0, 0.05) is 18.5 Å². The number of nitrogens with zero attached hydrogens (tertiary/aromatic N) is 2. The first-order valence-corrected chi connectivity index (χ1v) is 8.94. The van der Waals surface area contributed by atoms with Gasteiger partial charge in [-0.1, -0.05) is 37.2 Å². The van der Waals surface area contributed by atoms with Crippen molar-refractivity contribution in [3.63, 3.8) is 0 Å². The van der Waals surface area contributed by atoms with Crippen LogP contribution in [0.3, 0.4) is 0 Å². The second kappa shape index (κ2) is 10.4. The van der Waals surface area contributed by atoms with Crippen molar-refractivity contribution in [2.75, 3.05) is 19.7 Å². The molecule has 0 amide bonds. The third-order valence-electron chi connectivity index (χ3n) is 3.75. The molecule has 2 N–H and O–H groups in total. The molecule has 1 aromatic carbocycles. The van der Waals surface area contributed by atoms with E-state index in [-0.39, 0.29) is 0 Å². The first-order chi connectivity index (χ1) is 12.3. The Morgan fingerprint density at radius 2 is 1.92 bits per heavy atom. The van der Waals surface area contributed by atoms with Crippen molar-refractivity contribution < 1.29 is 9.26 Å². The zero-order valence-corrected chi connectivity index (χ0v) is 15.3. The smallest absolute Gasteiger partial charge is 0.191 e. The predicted octanol–water partition coefficient (Wildman–Crippen LogP) is 2.93. The minimum atomic E-state index is 0.560.